The number of benzene rings is 1. The number of carbonyl (C=O) groups excluding carboxylic acids is 1. The summed E-state index contributed by atoms with van der Waals surface area (Å²) < 4.78 is 4.83. The zero-order valence-corrected chi connectivity index (χ0v) is 13.5. The molecular formula is C17H23NO2S. The third-order valence-electron chi connectivity index (χ3n) is 4.80. The highest BCUT2D eigenvalue weighted by Gasteiger charge is 2.45. The van der Waals surface area contributed by atoms with E-state index in [1.807, 2.05) is 18.8 Å². The van der Waals surface area contributed by atoms with Crippen molar-refractivity contribution in [3.8, 4) is 0 Å². The van der Waals surface area contributed by atoms with Crippen LogP contribution in [0.15, 0.2) is 24.3 Å². The number of rotatable bonds is 6. The van der Waals surface area contributed by atoms with Gasteiger partial charge in [0, 0.05) is 11.3 Å². The lowest BCUT2D eigenvalue weighted by Crippen LogP contribution is -2.25. The van der Waals surface area contributed by atoms with Gasteiger partial charge in [0.1, 0.15) is 0 Å². The number of hydrogen-bond donors (Lipinski definition) is 1. The Bertz CT molecular complexity index is 527. The van der Waals surface area contributed by atoms with Gasteiger partial charge in [0.15, 0.2) is 0 Å². The monoisotopic (exact) mass is 305 g/mol. The lowest BCUT2D eigenvalue weighted by atomic mass is 10.1. The highest BCUT2D eigenvalue weighted by molar-refractivity contribution is 8.00. The number of esters is 1. The summed E-state index contributed by atoms with van der Waals surface area (Å²) in [5.74, 6) is 1.01. The van der Waals surface area contributed by atoms with Gasteiger partial charge < -0.3 is 10.1 Å². The van der Waals surface area contributed by atoms with Crippen molar-refractivity contribution in [3.63, 3.8) is 0 Å². The Balaban J connectivity index is 1.61. The Kier molecular flexibility index (Phi) is 4.27. The molecule has 3 rings (SSSR count). The van der Waals surface area contributed by atoms with Gasteiger partial charge in [-0.2, -0.15) is 11.8 Å². The second-order valence-electron chi connectivity index (χ2n) is 6.27. The van der Waals surface area contributed by atoms with Gasteiger partial charge in [-0.15, -0.1) is 0 Å². The number of thioether (sulfide) groups is 1. The second-order valence-corrected chi connectivity index (χ2v) is 7.50. The van der Waals surface area contributed by atoms with Gasteiger partial charge in [0.2, 0.25) is 0 Å². The van der Waals surface area contributed by atoms with Gasteiger partial charge in [-0.25, -0.2) is 0 Å². The summed E-state index contributed by atoms with van der Waals surface area (Å²) in [5, 5.41) is 4.04. The number of carbonyl (C=O) groups is 1. The fourth-order valence-electron chi connectivity index (χ4n) is 3.27. The van der Waals surface area contributed by atoms with E-state index in [0.29, 0.717) is 17.7 Å². The lowest BCUT2D eigenvalue weighted by Gasteiger charge is -2.22. The summed E-state index contributed by atoms with van der Waals surface area (Å²) in [5.41, 5.74) is 3.12. The van der Waals surface area contributed by atoms with Crippen LogP contribution in [0.4, 0.5) is 0 Å². The molecule has 0 radical (unpaired) electrons. The van der Waals surface area contributed by atoms with E-state index in [4.69, 9.17) is 4.74 Å². The normalized spacial score (nSPS) is 25.4. The van der Waals surface area contributed by atoms with E-state index in [2.05, 4.69) is 29.6 Å². The van der Waals surface area contributed by atoms with Crippen LogP contribution in [0.3, 0.4) is 0 Å². The maximum absolute atomic E-state index is 11.5. The van der Waals surface area contributed by atoms with Gasteiger partial charge in [-0.1, -0.05) is 24.3 Å². The van der Waals surface area contributed by atoms with Crippen LogP contribution < -0.4 is 5.32 Å². The van der Waals surface area contributed by atoms with Crippen LogP contribution >= 0.6 is 11.8 Å². The molecule has 0 aromatic heterocycles. The van der Waals surface area contributed by atoms with E-state index in [-0.39, 0.29) is 11.4 Å². The number of ether oxygens (including phenoxy) is 1. The molecule has 2 aliphatic carbocycles. The topological polar surface area (TPSA) is 38.3 Å². The van der Waals surface area contributed by atoms with E-state index in [1.165, 1.54) is 31.1 Å². The van der Waals surface area contributed by atoms with Crippen molar-refractivity contribution in [1.29, 1.82) is 0 Å². The Morgan fingerprint density at radius 1 is 1.43 bits per heavy atom. The average Bonchev–Trinajstić information content (AvgIpc) is 3.16. The van der Waals surface area contributed by atoms with Crippen LogP contribution in [0.2, 0.25) is 0 Å². The number of nitrogens with one attached hydrogen (secondary N) is 1. The van der Waals surface area contributed by atoms with E-state index in [1.54, 1.807) is 0 Å². The summed E-state index contributed by atoms with van der Waals surface area (Å²) in [7, 11) is 3.53. The largest absolute Gasteiger partial charge is 0.469 e. The molecule has 0 heterocycles. The van der Waals surface area contributed by atoms with Crippen LogP contribution in [0.5, 0.6) is 0 Å². The van der Waals surface area contributed by atoms with E-state index < -0.39 is 0 Å². The van der Waals surface area contributed by atoms with Gasteiger partial charge in [-0.3, -0.25) is 4.79 Å². The fraction of sp³-hybridized carbons (Fsp3) is 0.588. The van der Waals surface area contributed by atoms with Crippen LogP contribution in [0.1, 0.15) is 36.4 Å². The van der Waals surface area contributed by atoms with Crippen LogP contribution in [-0.4, -0.2) is 31.1 Å². The molecule has 2 atom stereocenters. The first kappa shape index (κ1) is 14.9. The van der Waals surface area contributed by atoms with Crippen LogP contribution in [0.25, 0.3) is 0 Å². The van der Waals surface area contributed by atoms with Crippen LogP contribution in [-0.2, 0) is 16.0 Å². The van der Waals surface area contributed by atoms with Crippen molar-refractivity contribution < 1.29 is 9.53 Å². The summed E-state index contributed by atoms with van der Waals surface area (Å²) in [6.07, 6.45) is 4.04. The molecule has 1 aromatic rings. The molecule has 114 valence electrons. The minimum absolute atomic E-state index is 0.0621. The summed E-state index contributed by atoms with van der Waals surface area (Å²) in [6, 6.07) is 9.15. The SMILES string of the molecule is CNC1c2ccccc2CC1SCC1(CC(=O)OC)CC1. The van der Waals surface area contributed by atoms with Crippen molar-refractivity contribution in [1.82, 2.24) is 5.32 Å². The molecule has 4 heteroatoms. The van der Waals surface area contributed by atoms with Gasteiger partial charge >= 0.3 is 5.97 Å². The molecular weight excluding hydrogens is 282 g/mol. The molecule has 0 saturated heterocycles. The van der Waals surface area contributed by atoms with Crippen molar-refractivity contribution in [2.24, 2.45) is 5.41 Å². The van der Waals surface area contributed by atoms with Gasteiger partial charge in [0.05, 0.1) is 13.5 Å². The standard InChI is InChI=1S/C17H23NO2S/c1-18-16-13-6-4-3-5-12(13)9-14(16)21-11-17(7-8-17)10-15(19)20-2/h3-6,14,16,18H,7-11H2,1-2H3. The van der Waals surface area contributed by atoms with E-state index in [9.17, 15) is 4.79 Å². The molecule has 1 aromatic carbocycles. The predicted octanol–water partition coefficient (Wildman–Crippen LogP) is 2.95. The Hall–Kier alpha value is -1.00. The molecule has 2 unspecified atom stereocenters. The summed E-state index contributed by atoms with van der Waals surface area (Å²) in [6.45, 7) is 0. The number of methoxy groups -OCH3 is 1. The smallest absolute Gasteiger partial charge is 0.306 e. The molecule has 21 heavy (non-hydrogen) atoms. The molecule has 1 saturated carbocycles. The molecule has 2 aliphatic rings. The predicted molar refractivity (Wildman–Crippen MR) is 86.5 cm³/mol. The first-order valence-corrected chi connectivity index (χ1v) is 8.66. The highest BCUT2D eigenvalue weighted by Crippen LogP contribution is 2.53. The van der Waals surface area contributed by atoms with Gasteiger partial charge in [-0.05, 0) is 48.6 Å². The Labute approximate surface area is 130 Å². The molecule has 1 fully saturated rings. The Morgan fingerprint density at radius 2 is 2.19 bits per heavy atom. The van der Waals surface area contributed by atoms with E-state index >= 15 is 0 Å². The highest BCUT2D eigenvalue weighted by atomic mass is 32.2. The Morgan fingerprint density at radius 3 is 2.86 bits per heavy atom. The van der Waals surface area contributed by atoms with Crippen molar-refractivity contribution in [2.45, 2.75) is 37.0 Å². The summed E-state index contributed by atoms with van der Waals surface area (Å²) >= 11 is 2.02. The molecule has 0 aliphatic heterocycles. The fourth-order valence-corrected chi connectivity index (χ4v) is 5.00. The first-order chi connectivity index (χ1) is 10.2. The zero-order chi connectivity index (χ0) is 14.9. The maximum atomic E-state index is 11.5. The van der Waals surface area contributed by atoms with Crippen molar-refractivity contribution in [3.05, 3.63) is 35.4 Å². The molecule has 3 nitrogen and oxygen atoms in total. The second kappa shape index (κ2) is 6.01. The number of hydrogen-bond acceptors (Lipinski definition) is 4. The minimum atomic E-state index is -0.0621. The molecule has 0 bridgehead atoms. The van der Waals surface area contributed by atoms with Gasteiger partial charge in [0.25, 0.3) is 0 Å². The lowest BCUT2D eigenvalue weighted by molar-refractivity contribution is -0.141. The minimum Gasteiger partial charge on any atom is -0.469 e. The molecule has 0 spiro atoms. The van der Waals surface area contributed by atoms with Crippen molar-refractivity contribution in [2.75, 3.05) is 19.9 Å². The molecule has 0 amide bonds. The third kappa shape index (κ3) is 3.11. The van der Waals surface area contributed by atoms with Crippen molar-refractivity contribution >= 4 is 17.7 Å². The third-order valence-corrected chi connectivity index (χ3v) is 6.45. The number of fused-ring (bicyclic) bond motifs is 1. The zero-order valence-electron chi connectivity index (χ0n) is 12.7. The first-order valence-electron chi connectivity index (χ1n) is 7.61. The average molecular weight is 305 g/mol. The van der Waals surface area contributed by atoms with Crippen LogP contribution in [0, 0.1) is 5.41 Å². The maximum Gasteiger partial charge on any atom is 0.306 e. The van der Waals surface area contributed by atoms with E-state index in [0.717, 1.165) is 12.2 Å². The summed E-state index contributed by atoms with van der Waals surface area (Å²) in [4.78, 5) is 11.5. The molecule has 1 N–H and O–H groups in total. The quantitative estimate of drug-likeness (QED) is 0.820.